The first-order valence-electron chi connectivity index (χ1n) is 4.03. The molecule has 0 unspecified atom stereocenters. The van der Waals surface area contributed by atoms with E-state index in [9.17, 15) is 4.79 Å². The number of amides is 1. The van der Waals surface area contributed by atoms with E-state index in [4.69, 9.17) is 17.3 Å². The second kappa shape index (κ2) is 5.14. The Morgan fingerprint density at radius 1 is 1.73 bits per heavy atom. The molecule has 0 aliphatic heterocycles. The number of carbonyl (C=O) groups is 1. The van der Waals surface area contributed by atoms with Crippen LogP contribution in [-0.4, -0.2) is 17.4 Å². The highest BCUT2D eigenvalue weighted by Crippen LogP contribution is 2.14. The topological polar surface area (TPSA) is 68.0 Å². The predicted molar refractivity (Wildman–Crippen MR) is 64.1 cm³/mol. The van der Waals surface area contributed by atoms with E-state index in [1.54, 1.807) is 0 Å². The number of pyridine rings is 1. The van der Waals surface area contributed by atoms with Crippen LogP contribution in [-0.2, 0) is 0 Å². The number of hydrogen-bond donors (Lipinski definition) is 2. The van der Waals surface area contributed by atoms with E-state index in [1.165, 1.54) is 12.3 Å². The Labute approximate surface area is 101 Å². The number of nitrogens with one attached hydrogen (secondary N) is 1. The van der Waals surface area contributed by atoms with Crippen LogP contribution in [0.5, 0.6) is 0 Å². The molecule has 0 fully saturated rings. The number of rotatable bonds is 3. The zero-order valence-corrected chi connectivity index (χ0v) is 10.1. The van der Waals surface area contributed by atoms with Crippen LogP contribution in [0, 0.1) is 0 Å². The fourth-order valence-electron chi connectivity index (χ4n) is 0.909. The third-order valence-corrected chi connectivity index (χ3v) is 2.07. The molecule has 4 nitrogen and oxygen atoms in total. The highest BCUT2D eigenvalue weighted by Gasteiger charge is 2.10. The normalized spacial score (nSPS) is 9.73. The van der Waals surface area contributed by atoms with Crippen molar-refractivity contribution in [3.05, 3.63) is 34.0 Å². The number of nitrogens with zero attached hydrogens (tertiary/aromatic N) is 1. The van der Waals surface area contributed by atoms with E-state index >= 15 is 0 Å². The third-order valence-electron chi connectivity index (χ3n) is 1.59. The molecule has 1 aromatic rings. The maximum absolute atomic E-state index is 11.6. The van der Waals surface area contributed by atoms with Gasteiger partial charge in [-0.2, -0.15) is 0 Å². The van der Waals surface area contributed by atoms with Crippen molar-refractivity contribution in [1.29, 1.82) is 0 Å². The summed E-state index contributed by atoms with van der Waals surface area (Å²) < 4.78 is 0.676. The van der Waals surface area contributed by atoms with Crippen molar-refractivity contribution in [2.75, 3.05) is 12.3 Å². The highest BCUT2D eigenvalue weighted by atomic mass is 79.9. The van der Waals surface area contributed by atoms with Crippen molar-refractivity contribution in [2.24, 2.45) is 0 Å². The van der Waals surface area contributed by atoms with Gasteiger partial charge in [0.1, 0.15) is 5.15 Å². The lowest BCUT2D eigenvalue weighted by molar-refractivity contribution is 0.0958. The molecule has 15 heavy (non-hydrogen) atoms. The summed E-state index contributed by atoms with van der Waals surface area (Å²) in [4.78, 5) is 15.3. The first-order valence-corrected chi connectivity index (χ1v) is 5.20. The number of carbonyl (C=O) groups excluding carboxylic acids is 1. The van der Waals surface area contributed by atoms with Gasteiger partial charge in [-0.1, -0.05) is 34.1 Å². The van der Waals surface area contributed by atoms with Gasteiger partial charge in [-0.25, -0.2) is 4.98 Å². The molecular formula is C9H9BrClN3O. The second-order valence-electron chi connectivity index (χ2n) is 2.79. The van der Waals surface area contributed by atoms with Gasteiger partial charge in [0.15, 0.2) is 0 Å². The Hall–Kier alpha value is -1.07. The molecule has 6 heteroatoms. The highest BCUT2D eigenvalue weighted by molar-refractivity contribution is 9.11. The molecule has 1 rings (SSSR count). The molecular weight excluding hydrogens is 281 g/mol. The van der Waals surface area contributed by atoms with Gasteiger partial charge in [-0.15, -0.1) is 0 Å². The van der Waals surface area contributed by atoms with Crippen molar-refractivity contribution in [3.63, 3.8) is 0 Å². The molecule has 1 amide bonds. The Bertz CT molecular complexity index is 408. The molecule has 80 valence electrons. The van der Waals surface area contributed by atoms with Crippen LogP contribution in [0.25, 0.3) is 0 Å². The van der Waals surface area contributed by atoms with Gasteiger partial charge < -0.3 is 11.1 Å². The lowest BCUT2D eigenvalue weighted by Crippen LogP contribution is -2.25. The fraction of sp³-hybridized carbons (Fsp3) is 0.111. The predicted octanol–water partition coefficient (Wildman–Crippen LogP) is 1.96. The summed E-state index contributed by atoms with van der Waals surface area (Å²) in [7, 11) is 0. The van der Waals surface area contributed by atoms with E-state index < -0.39 is 0 Å². The van der Waals surface area contributed by atoms with E-state index in [0.29, 0.717) is 16.6 Å². The van der Waals surface area contributed by atoms with E-state index in [1.807, 2.05) is 0 Å². The van der Waals surface area contributed by atoms with Crippen LogP contribution in [0.2, 0.25) is 5.15 Å². The molecule has 0 bridgehead atoms. The smallest absolute Gasteiger partial charge is 0.253 e. The molecule has 0 saturated carbocycles. The van der Waals surface area contributed by atoms with Crippen molar-refractivity contribution in [2.45, 2.75) is 0 Å². The van der Waals surface area contributed by atoms with Gasteiger partial charge in [0.25, 0.3) is 5.91 Å². The number of halogens is 2. The summed E-state index contributed by atoms with van der Waals surface area (Å²) in [6.45, 7) is 3.92. The van der Waals surface area contributed by atoms with E-state index in [-0.39, 0.29) is 16.7 Å². The number of hydrogen-bond acceptors (Lipinski definition) is 3. The first-order chi connectivity index (χ1) is 7.00. The maximum Gasteiger partial charge on any atom is 0.253 e. The van der Waals surface area contributed by atoms with Crippen LogP contribution >= 0.6 is 27.5 Å². The van der Waals surface area contributed by atoms with Crippen LogP contribution in [0.1, 0.15) is 10.4 Å². The van der Waals surface area contributed by atoms with E-state index in [0.717, 1.165) is 0 Å². The molecule has 0 aliphatic carbocycles. The lowest BCUT2D eigenvalue weighted by atomic mass is 10.2. The summed E-state index contributed by atoms with van der Waals surface area (Å²) in [5, 5.41) is 2.84. The van der Waals surface area contributed by atoms with Crippen molar-refractivity contribution in [1.82, 2.24) is 10.3 Å². The Morgan fingerprint density at radius 3 is 3.00 bits per heavy atom. The third kappa shape index (κ3) is 3.53. The Balaban J connectivity index is 2.81. The Morgan fingerprint density at radius 2 is 2.40 bits per heavy atom. The Kier molecular flexibility index (Phi) is 4.11. The quantitative estimate of drug-likeness (QED) is 0.836. The largest absolute Gasteiger partial charge is 0.397 e. The number of aromatic nitrogens is 1. The van der Waals surface area contributed by atoms with Gasteiger partial charge >= 0.3 is 0 Å². The molecule has 1 aromatic heterocycles. The summed E-state index contributed by atoms with van der Waals surface area (Å²) in [6, 6.07) is 1.42. The van der Waals surface area contributed by atoms with Gasteiger partial charge in [0.2, 0.25) is 0 Å². The standard InChI is InChI=1S/C9H9BrClN3O/c1-5(10)3-14-9(15)6-2-8(11)13-4-7(6)12/h2,4H,1,3,12H2,(H,14,15). The molecule has 0 spiro atoms. The average molecular weight is 291 g/mol. The van der Waals surface area contributed by atoms with Gasteiger partial charge in [-0.05, 0) is 6.07 Å². The van der Waals surface area contributed by atoms with E-state index in [2.05, 4.69) is 32.8 Å². The molecule has 1 heterocycles. The molecule has 0 aliphatic rings. The number of nitrogen functional groups attached to an aromatic ring is 1. The number of anilines is 1. The monoisotopic (exact) mass is 289 g/mol. The summed E-state index contributed by atoms with van der Waals surface area (Å²) in [5.74, 6) is -0.308. The molecule has 0 radical (unpaired) electrons. The van der Waals surface area contributed by atoms with Crippen LogP contribution in [0.3, 0.4) is 0 Å². The summed E-state index contributed by atoms with van der Waals surface area (Å²) in [6.07, 6.45) is 1.35. The van der Waals surface area contributed by atoms with Crippen molar-refractivity contribution in [3.8, 4) is 0 Å². The molecule has 0 atom stereocenters. The summed E-state index contributed by atoms with van der Waals surface area (Å²) >= 11 is 8.78. The van der Waals surface area contributed by atoms with Crippen LogP contribution in [0.4, 0.5) is 5.69 Å². The minimum Gasteiger partial charge on any atom is -0.397 e. The second-order valence-corrected chi connectivity index (χ2v) is 4.30. The average Bonchev–Trinajstić information content (AvgIpc) is 2.18. The summed E-state index contributed by atoms with van der Waals surface area (Å²) in [5.41, 5.74) is 6.18. The van der Waals surface area contributed by atoms with Crippen LogP contribution < -0.4 is 11.1 Å². The minimum atomic E-state index is -0.308. The molecule has 0 aromatic carbocycles. The van der Waals surface area contributed by atoms with Crippen molar-refractivity contribution < 1.29 is 4.79 Å². The first kappa shape index (κ1) is 12.0. The van der Waals surface area contributed by atoms with Crippen LogP contribution in [0.15, 0.2) is 23.3 Å². The lowest BCUT2D eigenvalue weighted by Gasteiger charge is -2.06. The number of nitrogens with two attached hydrogens (primary N) is 1. The molecule has 0 saturated heterocycles. The maximum atomic E-state index is 11.6. The van der Waals surface area contributed by atoms with Crippen molar-refractivity contribution >= 4 is 39.1 Å². The SMILES string of the molecule is C=C(Br)CNC(=O)c1cc(Cl)ncc1N. The van der Waals surface area contributed by atoms with Gasteiger partial charge in [0, 0.05) is 11.0 Å². The van der Waals surface area contributed by atoms with Gasteiger partial charge in [0.05, 0.1) is 17.4 Å². The minimum absolute atomic E-state index is 0.229. The van der Waals surface area contributed by atoms with Gasteiger partial charge in [-0.3, -0.25) is 4.79 Å². The zero-order valence-electron chi connectivity index (χ0n) is 7.76. The zero-order chi connectivity index (χ0) is 11.4. The fourth-order valence-corrected chi connectivity index (χ4v) is 1.21. The molecule has 3 N–H and O–H groups in total.